The Kier molecular flexibility index (Phi) is 4.97. The lowest BCUT2D eigenvalue weighted by Crippen LogP contribution is -2.66. The molecular weight excluding hydrogens is 234 g/mol. The zero-order chi connectivity index (χ0) is 13.0. The highest BCUT2D eigenvalue weighted by Gasteiger charge is 2.48. The number of carbonyl (C=O) groups excluding carboxylic acids is 1. The minimum atomic E-state index is -0.333. The van der Waals surface area contributed by atoms with Crippen molar-refractivity contribution in [1.82, 2.24) is 4.90 Å². The molecule has 1 saturated heterocycles. The van der Waals surface area contributed by atoms with Crippen molar-refractivity contribution in [1.29, 1.82) is 0 Å². The van der Waals surface area contributed by atoms with Crippen LogP contribution in [0.3, 0.4) is 0 Å². The second-order valence-corrected chi connectivity index (χ2v) is 5.16. The molecule has 0 aromatic heterocycles. The number of methoxy groups -OCH3 is 2. The Hall–Kier alpha value is -0.650. The van der Waals surface area contributed by atoms with Gasteiger partial charge in [-0.15, -0.1) is 0 Å². The minimum absolute atomic E-state index is 0.0208. The first-order valence-corrected chi connectivity index (χ1v) is 6.68. The van der Waals surface area contributed by atoms with Crippen molar-refractivity contribution in [2.24, 2.45) is 5.92 Å². The van der Waals surface area contributed by atoms with Gasteiger partial charge in [0.1, 0.15) is 13.5 Å². The van der Waals surface area contributed by atoms with E-state index in [-0.39, 0.29) is 24.8 Å². The zero-order valence-electron chi connectivity index (χ0n) is 11.3. The monoisotopic (exact) mass is 257 g/mol. The van der Waals surface area contributed by atoms with Crippen LogP contribution in [0.4, 0.5) is 0 Å². The number of hydrogen-bond donors (Lipinski definition) is 0. The summed E-state index contributed by atoms with van der Waals surface area (Å²) >= 11 is 0. The van der Waals surface area contributed by atoms with Gasteiger partial charge in [0, 0.05) is 14.2 Å². The van der Waals surface area contributed by atoms with Crippen LogP contribution in [0.25, 0.3) is 0 Å². The molecule has 0 aromatic rings. The maximum atomic E-state index is 11.9. The standard InChI is InChI=1S/C13H23NO4/c1-16-8-14-11(7-6-10-4-3-5-10)12(13(14)15)18-9-17-2/h10-12H,3-9H2,1-2H3/t11-,12+/m0/s1. The van der Waals surface area contributed by atoms with E-state index < -0.39 is 0 Å². The quantitative estimate of drug-likeness (QED) is 0.487. The van der Waals surface area contributed by atoms with Crippen LogP contribution in [-0.2, 0) is 19.0 Å². The third kappa shape index (κ3) is 2.84. The summed E-state index contributed by atoms with van der Waals surface area (Å²) in [5.41, 5.74) is 0. The number of ether oxygens (including phenoxy) is 3. The predicted octanol–water partition coefficient (Wildman–Crippen LogP) is 1.37. The maximum Gasteiger partial charge on any atom is 0.256 e. The molecule has 5 nitrogen and oxygen atoms in total. The average molecular weight is 257 g/mol. The molecule has 0 N–H and O–H groups in total. The lowest BCUT2D eigenvalue weighted by Gasteiger charge is -2.46. The molecule has 0 bridgehead atoms. The number of likely N-dealkylation sites (tertiary alicyclic amines) is 1. The van der Waals surface area contributed by atoms with Crippen molar-refractivity contribution in [2.45, 2.75) is 44.2 Å². The van der Waals surface area contributed by atoms with Crippen LogP contribution in [-0.4, -0.2) is 50.7 Å². The molecule has 1 saturated carbocycles. The van der Waals surface area contributed by atoms with Gasteiger partial charge >= 0.3 is 0 Å². The van der Waals surface area contributed by atoms with Gasteiger partial charge in [-0.2, -0.15) is 0 Å². The Morgan fingerprint density at radius 3 is 2.56 bits per heavy atom. The van der Waals surface area contributed by atoms with Crippen LogP contribution in [0.2, 0.25) is 0 Å². The van der Waals surface area contributed by atoms with E-state index in [1.165, 1.54) is 25.7 Å². The fourth-order valence-corrected chi connectivity index (χ4v) is 2.69. The Morgan fingerprint density at radius 2 is 2.00 bits per heavy atom. The van der Waals surface area contributed by atoms with Crippen LogP contribution in [0.15, 0.2) is 0 Å². The molecule has 0 unspecified atom stereocenters. The normalized spacial score (nSPS) is 28.1. The largest absolute Gasteiger partial charge is 0.364 e. The molecule has 1 aliphatic heterocycles. The summed E-state index contributed by atoms with van der Waals surface area (Å²) in [5, 5.41) is 0. The van der Waals surface area contributed by atoms with E-state index in [0.29, 0.717) is 6.73 Å². The molecule has 104 valence electrons. The fraction of sp³-hybridized carbons (Fsp3) is 0.923. The summed E-state index contributed by atoms with van der Waals surface area (Å²) < 4.78 is 15.4. The van der Waals surface area contributed by atoms with Crippen LogP contribution >= 0.6 is 0 Å². The Morgan fingerprint density at radius 1 is 1.22 bits per heavy atom. The van der Waals surface area contributed by atoms with Crippen molar-refractivity contribution < 1.29 is 19.0 Å². The summed E-state index contributed by atoms with van der Waals surface area (Å²) in [6.45, 7) is 0.540. The first kappa shape index (κ1) is 13.8. The average Bonchev–Trinajstić information content (AvgIpc) is 2.32. The number of β-lactam (4-membered cyclic amide) rings is 1. The van der Waals surface area contributed by atoms with Crippen molar-refractivity contribution in [3.63, 3.8) is 0 Å². The first-order valence-electron chi connectivity index (χ1n) is 6.68. The summed E-state index contributed by atoms with van der Waals surface area (Å²) in [4.78, 5) is 13.6. The fourth-order valence-electron chi connectivity index (χ4n) is 2.69. The van der Waals surface area contributed by atoms with Crippen molar-refractivity contribution in [2.75, 3.05) is 27.7 Å². The molecule has 0 radical (unpaired) electrons. The minimum Gasteiger partial charge on any atom is -0.364 e. The SMILES string of the molecule is COCO[C@H]1C(=O)N(COC)[C@H]1CCC1CCC1. The number of hydrogen-bond acceptors (Lipinski definition) is 4. The van der Waals surface area contributed by atoms with Gasteiger partial charge in [-0.05, 0) is 18.8 Å². The molecule has 2 aliphatic rings. The number of nitrogens with zero attached hydrogens (tertiary/aromatic N) is 1. The summed E-state index contributed by atoms with van der Waals surface area (Å²) in [7, 11) is 3.18. The smallest absolute Gasteiger partial charge is 0.256 e. The highest BCUT2D eigenvalue weighted by atomic mass is 16.7. The number of amides is 1. The van der Waals surface area contributed by atoms with Gasteiger partial charge in [0.25, 0.3) is 5.91 Å². The second-order valence-electron chi connectivity index (χ2n) is 5.16. The lowest BCUT2D eigenvalue weighted by atomic mass is 9.79. The van der Waals surface area contributed by atoms with Gasteiger partial charge in [0.05, 0.1) is 6.04 Å². The zero-order valence-corrected chi connectivity index (χ0v) is 11.3. The third-order valence-corrected chi connectivity index (χ3v) is 4.01. The predicted molar refractivity (Wildman–Crippen MR) is 65.8 cm³/mol. The summed E-state index contributed by atoms with van der Waals surface area (Å²) in [6.07, 6.45) is 5.90. The Balaban J connectivity index is 1.81. The number of rotatable bonds is 8. The van der Waals surface area contributed by atoms with E-state index in [1.807, 2.05) is 0 Å². The van der Waals surface area contributed by atoms with Crippen molar-refractivity contribution in [3.8, 4) is 0 Å². The topological polar surface area (TPSA) is 48.0 Å². The lowest BCUT2D eigenvalue weighted by molar-refractivity contribution is -0.197. The number of carbonyl (C=O) groups is 1. The van der Waals surface area contributed by atoms with E-state index in [0.717, 1.165) is 12.3 Å². The molecule has 0 aromatic carbocycles. The molecule has 1 heterocycles. The van der Waals surface area contributed by atoms with Gasteiger partial charge < -0.3 is 19.1 Å². The summed E-state index contributed by atoms with van der Waals surface area (Å²) in [5.74, 6) is 0.876. The van der Waals surface area contributed by atoms with E-state index >= 15 is 0 Å². The summed E-state index contributed by atoms with van der Waals surface area (Å²) in [6, 6.07) is 0.160. The highest BCUT2D eigenvalue weighted by Crippen LogP contribution is 2.34. The molecule has 0 spiro atoms. The van der Waals surface area contributed by atoms with Gasteiger partial charge in [0.15, 0.2) is 6.10 Å². The van der Waals surface area contributed by atoms with E-state index in [1.54, 1.807) is 19.1 Å². The van der Waals surface area contributed by atoms with Gasteiger partial charge in [-0.3, -0.25) is 4.79 Å². The molecule has 2 rings (SSSR count). The van der Waals surface area contributed by atoms with Gasteiger partial charge in [-0.25, -0.2) is 0 Å². The highest BCUT2D eigenvalue weighted by molar-refractivity contribution is 5.88. The van der Waals surface area contributed by atoms with Crippen LogP contribution in [0.5, 0.6) is 0 Å². The maximum absolute atomic E-state index is 11.9. The van der Waals surface area contributed by atoms with Crippen LogP contribution in [0, 0.1) is 5.92 Å². The van der Waals surface area contributed by atoms with Gasteiger partial charge in [0.2, 0.25) is 0 Å². The molecule has 18 heavy (non-hydrogen) atoms. The molecular formula is C13H23NO4. The van der Waals surface area contributed by atoms with Crippen molar-refractivity contribution in [3.05, 3.63) is 0 Å². The Labute approximate surface area is 108 Å². The molecule has 1 aliphatic carbocycles. The first-order chi connectivity index (χ1) is 8.77. The molecule has 2 fully saturated rings. The van der Waals surface area contributed by atoms with Crippen LogP contribution in [0.1, 0.15) is 32.1 Å². The van der Waals surface area contributed by atoms with E-state index in [4.69, 9.17) is 14.2 Å². The van der Waals surface area contributed by atoms with E-state index in [9.17, 15) is 4.79 Å². The molecule has 2 atom stereocenters. The molecule has 5 heteroatoms. The Bertz CT molecular complexity index is 280. The third-order valence-electron chi connectivity index (χ3n) is 4.01. The van der Waals surface area contributed by atoms with Crippen LogP contribution < -0.4 is 0 Å². The van der Waals surface area contributed by atoms with Gasteiger partial charge in [-0.1, -0.05) is 19.3 Å². The second kappa shape index (κ2) is 6.50. The van der Waals surface area contributed by atoms with E-state index in [2.05, 4.69) is 0 Å². The van der Waals surface area contributed by atoms with Crippen molar-refractivity contribution >= 4 is 5.91 Å². The molecule has 1 amide bonds.